The zero-order valence-corrected chi connectivity index (χ0v) is 32.3. The minimum Gasteiger partial charge on any atom is -0.453 e. The predicted octanol–water partition coefficient (Wildman–Crippen LogP) is 8.55. The highest BCUT2D eigenvalue weighted by molar-refractivity contribution is 5.87. The van der Waals surface area contributed by atoms with Gasteiger partial charge in [-0.3, -0.25) is 9.59 Å². The van der Waals surface area contributed by atoms with Crippen LogP contribution < -0.4 is 5.32 Å². The molecule has 0 unspecified atom stereocenters. The van der Waals surface area contributed by atoms with Crippen LogP contribution in [0.2, 0.25) is 0 Å². The smallest absolute Gasteiger partial charge is 0.407 e. The number of aromatic nitrogens is 4. The van der Waals surface area contributed by atoms with Crippen LogP contribution in [0.4, 0.5) is 4.79 Å². The molecule has 54 heavy (non-hydrogen) atoms. The molecule has 2 aliphatic rings. The van der Waals surface area contributed by atoms with Crippen LogP contribution >= 0.6 is 0 Å². The van der Waals surface area contributed by atoms with Crippen LogP contribution in [0.5, 0.6) is 0 Å². The molecular formula is C43H53N7O4. The van der Waals surface area contributed by atoms with E-state index in [1.807, 2.05) is 36.6 Å². The van der Waals surface area contributed by atoms with Crippen molar-refractivity contribution >= 4 is 40.0 Å². The highest BCUT2D eigenvalue weighted by Gasteiger charge is 2.37. The number of benzene rings is 3. The molecule has 2 saturated heterocycles. The summed E-state index contributed by atoms with van der Waals surface area (Å²) in [7, 11) is 1.31. The van der Waals surface area contributed by atoms with Gasteiger partial charge in [-0.15, -0.1) is 0 Å². The summed E-state index contributed by atoms with van der Waals surface area (Å²) in [5.41, 5.74) is 7.94. The Morgan fingerprint density at radius 3 is 1.63 bits per heavy atom. The molecule has 2 aromatic heterocycles. The summed E-state index contributed by atoms with van der Waals surface area (Å²) in [6.07, 6.45) is 4.40. The van der Waals surface area contributed by atoms with E-state index < -0.39 is 12.1 Å². The van der Waals surface area contributed by atoms with E-state index in [2.05, 4.69) is 83.7 Å². The summed E-state index contributed by atoms with van der Waals surface area (Å²) in [5, 5.41) is 2.75. The van der Waals surface area contributed by atoms with Gasteiger partial charge in [-0.1, -0.05) is 71.0 Å². The largest absolute Gasteiger partial charge is 0.453 e. The number of hydrogen-bond donors (Lipinski definition) is 3. The zero-order valence-electron chi connectivity index (χ0n) is 32.3. The second-order valence-electron chi connectivity index (χ2n) is 16.0. The van der Waals surface area contributed by atoms with Crippen LogP contribution in [-0.2, 0) is 14.3 Å². The number of amides is 3. The van der Waals surface area contributed by atoms with Crippen LogP contribution in [0.3, 0.4) is 0 Å². The number of hydrogen-bond acceptors (Lipinski definition) is 6. The van der Waals surface area contributed by atoms with Gasteiger partial charge in [0.1, 0.15) is 17.7 Å². The Labute approximate surface area is 317 Å². The van der Waals surface area contributed by atoms with Gasteiger partial charge < -0.3 is 29.8 Å². The second kappa shape index (κ2) is 15.7. The summed E-state index contributed by atoms with van der Waals surface area (Å²) < 4.78 is 4.80. The standard InChI is InChI=1S/C43H53N7O4/c1-25(2)21-27(5)41(51)49-19-7-9-37(49)39-44-32-17-15-30(23-34(32)46-39)28-11-13-29(14-12-28)31-16-18-33-35(24-31)47-40(45-33)38-10-8-20-50(38)42(52)36(22-26(3)4)48-43(53)54-6/h11-18,23-27,36-38H,7-10,19-22H2,1-6H3,(H,44,46)(H,45,47)(H,48,53)/t27-,36-,37-,38-/m0/s1. The average molecular weight is 732 g/mol. The number of aromatic amines is 2. The first-order valence-corrected chi connectivity index (χ1v) is 19.5. The number of carbonyl (C=O) groups is 3. The van der Waals surface area contributed by atoms with Crippen molar-refractivity contribution in [1.82, 2.24) is 35.1 Å². The van der Waals surface area contributed by atoms with Crippen molar-refractivity contribution in [3.05, 3.63) is 72.3 Å². The number of carbonyl (C=O) groups excluding carboxylic acids is 3. The first-order valence-electron chi connectivity index (χ1n) is 19.5. The Balaban J connectivity index is 1.06. The Morgan fingerprint density at radius 1 is 0.704 bits per heavy atom. The van der Waals surface area contributed by atoms with E-state index in [1.165, 1.54) is 7.11 Å². The molecule has 5 aromatic rings. The third kappa shape index (κ3) is 7.72. The summed E-state index contributed by atoms with van der Waals surface area (Å²) >= 11 is 0. The van der Waals surface area contributed by atoms with Gasteiger partial charge in [0.05, 0.1) is 41.3 Å². The highest BCUT2D eigenvalue weighted by atomic mass is 16.5. The third-order valence-electron chi connectivity index (χ3n) is 11.0. The third-order valence-corrected chi connectivity index (χ3v) is 11.0. The fraction of sp³-hybridized carbons (Fsp3) is 0.465. The molecule has 3 aromatic carbocycles. The summed E-state index contributed by atoms with van der Waals surface area (Å²) in [6, 6.07) is 20.2. The SMILES string of the molecule is COC(=O)N[C@@H](CC(C)C)C(=O)N1CCC[C@H]1c1nc2cc(-c3ccc(-c4ccc5[nH]c([C@@H]6CCCN6C(=O)[C@@H](C)CC(C)C)nc5c4)cc3)ccc2[nH]1. The molecule has 4 atom stereocenters. The lowest BCUT2D eigenvalue weighted by molar-refractivity contribution is -0.136. The van der Waals surface area contributed by atoms with Crippen molar-refractivity contribution in [1.29, 1.82) is 0 Å². The van der Waals surface area contributed by atoms with E-state index in [-0.39, 0.29) is 35.7 Å². The Kier molecular flexibility index (Phi) is 10.8. The van der Waals surface area contributed by atoms with E-state index in [0.29, 0.717) is 18.9 Å². The molecule has 3 N–H and O–H groups in total. The second-order valence-corrected chi connectivity index (χ2v) is 16.0. The number of H-pyrrole nitrogens is 2. The molecule has 0 saturated carbocycles. The fourth-order valence-electron chi connectivity index (χ4n) is 8.40. The molecule has 11 heteroatoms. The van der Waals surface area contributed by atoms with Crippen LogP contribution in [0.15, 0.2) is 60.7 Å². The topological polar surface area (TPSA) is 136 Å². The molecule has 0 bridgehead atoms. The number of alkyl carbamates (subject to hydrolysis) is 1. The van der Waals surface area contributed by atoms with Crippen molar-refractivity contribution in [2.75, 3.05) is 20.2 Å². The minimum absolute atomic E-state index is 0.00934. The molecular weight excluding hydrogens is 679 g/mol. The van der Waals surface area contributed by atoms with Crippen LogP contribution in [-0.4, -0.2) is 73.9 Å². The summed E-state index contributed by atoms with van der Waals surface area (Å²) in [5.74, 6) is 2.47. The van der Waals surface area contributed by atoms with Crippen LogP contribution in [0, 0.1) is 17.8 Å². The molecule has 4 heterocycles. The van der Waals surface area contributed by atoms with E-state index in [0.717, 1.165) is 94.6 Å². The van der Waals surface area contributed by atoms with Crippen LogP contribution in [0.1, 0.15) is 96.9 Å². The number of nitrogens with zero attached hydrogens (tertiary/aromatic N) is 4. The lowest BCUT2D eigenvalue weighted by Crippen LogP contribution is -2.49. The van der Waals surface area contributed by atoms with Crippen molar-refractivity contribution < 1.29 is 19.1 Å². The maximum Gasteiger partial charge on any atom is 0.407 e. The normalized spacial score (nSPS) is 18.6. The molecule has 11 nitrogen and oxygen atoms in total. The number of ether oxygens (including phenoxy) is 1. The van der Waals surface area contributed by atoms with E-state index >= 15 is 0 Å². The number of methoxy groups -OCH3 is 1. The van der Waals surface area contributed by atoms with Crippen molar-refractivity contribution in [3.63, 3.8) is 0 Å². The summed E-state index contributed by atoms with van der Waals surface area (Å²) in [4.78, 5) is 59.9. The quantitative estimate of drug-likeness (QED) is 0.125. The molecule has 7 rings (SSSR count). The average Bonchev–Trinajstić information content (AvgIpc) is 3.98. The molecule has 0 aliphatic carbocycles. The van der Waals surface area contributed by atoms with E-state index in [9.17, 15) is 14.4 Å². The predicted molar refractivity (Wildman–Crippen MR) is 211 cm³/mol. The lowest BCUT2D eigenvalue weighted by atomic mass is 9.97. The minimum atomic E-state index is -0.654. The zero-order chi connectivity index (χ0) is 38.1. The van der Waals surface area contributed by atoms with Crippen molar-refractivity contribution in [2.24, 2.45) is 17.8 Å². The first-order chi connectivity index (χ1) is 26.0. The van der Waals surface area contributed by atoms with Gasteiger partial charge in [0.2, 0.25) is 11.8 Å². The van der Waals surface area contributed by atoms with Gasteiger partial charge >= 0.3 is 6.09 Å². The number of rotatable bonds is 11. The van der Waals surface area contributed by atoms with Gasteiger partial charge in [0.25, 0.3) is 0 Å². The van der Waals surface area contributed by atoms with Gasteiger partial charge in [0, 0.05) is 19.0 Å². The monoisotopic (exact) mass is 731 g/mol. The number of nitrogens with one attached hydrogen (secondary N) is 3. The number of likely N-dealkylation sites (tertiary alicyclic amines) is 2. The molecule has 0 radical (unpaired) electrons. The lowest BCUT2D eigenvalue weighted by Gasteiger charge is -2.29. The molecule has 284 valence electrons. The Morgan fingerprint density at radius 2 is 1.17 bits per heavy atom. The number of imidazole rings is 2. The fourth-order valence-corrected chi connectivity index (χ4v) is 8.40. The molecule has 0 spiro atoms. The maximum absolute atomic E-state index is 13.7. The first kappa shape index (κ1) is 37.1. The molecule has 2 aliphatic heterocycles. The van der Waals surface area contributed by atoms with Gasteiger partial charge in [-0.05, 0) is 96.9 Å². The highest BCUT2D eigenvalue weighted by Crippen LogP contribution is 2.36. The Bertz CT molecular complexity index is 2130. The Hall–Kier alpha value is -5.19. The van der Waals surface area contributed by atoms with E-state index in [1.54, 1.807) is 0 Å². The maximum atomic E-state index is 13.7. The van der Waals surface area contributed by atoms with Crippen molar-refractivity contribution in [3.8, 4) is 22.3 Å². The molecule has 2 fully saturated rings. The van der Waals surface area contributed by atoms with Gasteiger partial charge in [0.15, 0.2) is 0 Å². The molecule has 3 amide bonds. The van der Waals surface area contributed by atoms with Crippen LogP contribution in [0.25, 0.3) is 44.3 Å². The van der Waals surface area contributed by atoms with Gasteiger partial charge in [-0.2, -0.15) is 0 Å². The van der Waals surface area contributed by atoms with Crippen molar-refractivity contribution in [2.45, 2.75) is 91.3 Å². The number of fused-ring (bicyclic) bond motifs is 2. The summed E-state index contributed by atoms with van der Waals surface area (Å²) in [6.45, 7) is 11.8. The van der Waals surface area contributed by atoms with Gasteiger partial charge in [-0.25, -0.2) is 14.8 Å². The van der Waals surface area contributed by atoms with E-state index in [4.69, 9.17) is 14.7 Å².